The molecule has 2 rings (SSSR count). The van der Waals surface area contributed by atoms with Crippen LogP contribution in [0.3, 0.4) is 0 Å². The second-order valence-corrected chi connectivity index (χ2v) is 7.59. The van der Waals surface area contributed by atoms with E-state index < -0.39 is 0 Å². The number of rotatable bonds is 5. The van der Waals surface area contributed by atoms with Crippen LogP contribution in [0.2, 0.25) is 0 Å². The summed E-state index contributed by atoms with van der Waals surface area (Å²) in [7, 11) is 4.36. The Labute approximate surface area is 137 Å². The van der Waals surface area contributed by atoms with E-state index in [2.05, 4.69) is 84.1 Å². The maximum absolute atomic E-state index is 3.76. The van der Waals surface area contributed by atoms with E-state index in [1.54, 1.807) is 0 Å². The van der Waals surface area contributed by atoms with Gasteiger partial charge in [-0.15, -0.1) is 0 Å². The predicted octanol–water partition coefficient (Wildman–Crippen LogP) is 3.33. The third kappa shape index (κ3) is 4.21. The van der Waals surface area contributed by atoms with Crippen LogP contribution in [-0.4, -0.2) is 44.2 Å². The van der Waals surface area contributed by atoms with Crippen molar-refractivity contribution in [3.63, 3.8) is 0 Å². The molecule has 4 heteroatoms. The summed E-state index contributed by atoms with van der Waals surface area (Å²) in [5.41, 5.74) is 2.65. The van der Waals surface area contributed by atoms with Crippen LogP contribution >= 0.6 is 15.9 Å². The lowest BCUT2D eigenvalue weighted by atomic mass is 10.1. The molecule has 1 aliphatic heterocycles. The SMILES string of the molecule is CC(C)NCc1ccc(N2CC(C)C(N(C)C)C2)c(Br)c1. The Morgan fingerprint density at radius 3 is 2.57 bits per heavy atom. The van der Waals surface area contributed by atoms with Gasteiger partial charge in [0.1, 0.15) is 0 Å². The van der Waals surface area contributed by atoms with Crippen molar-refractivity contribution in [1.29, 1.82) is 0 Å². The molecule has 21 heavy (non-hydrogen) atoms. The van der Waals surface area contributed by atoms with Crippen LogP contribution in [-0.2, 0) is 6.54 Å². The largest absolute Gasteiger partial charge is 0.369 e. The van der Waals surface area contributed by atoms with Crippen LogP contribution in [0.1, 0.15) is 26.3 Å². The summed E-state index contributed by atoms with van der Waals surface area (Å²) in [6.07, 6.45) is 0. The lowest BCUT2D eigenvalue weighted by Gasteiger charge is -2.23. The van der Waals surface area contributed by atoms with Crippen molar-refractivity contribution in [1.82, 2.24) is 10.2 Å². The number of halogens is 1. The Bertz CT molecular complexity index is 473. The summed E-state index contributed by atoms with van der Waals surface area (Å²) in [5, 5.41) is 3.47. The van der Waals surface area contributed by atoms with Gasteiger partial charge in [-0.3, -0.25) is 0 Å². The van der Waals surface area contributed by atoms with Crippen molar-refractivity contribution in [2.45, 2.75) is 39.4 Å². The van der Waals surface area contributed by atoms with E-state index in [-0.39, 0.29) is 0 Å². The minimum atomic E-state index is 0.517. The topological polar surface area (TPSA) is 18.5 Å². The number of nitrogens with one attached hydrogen (secondary N) is 1. The van der Waals surface area contributed by atoms with Crippen molar-refractivity contribution < 1.29 is 0 Å². The third-order valence-corrected chi connectivity index (χ3v) is 4.94. The quantitative estimate of drug-likeness (QED) is 0.875. The highest BCUT2D eigenvalue weighted by Crippen LogP contribution is 2.32. The van der Waals surface area contributed by atoms with Crippen molar-refractivity contribution in [3.05, 3.63) is 28.2 Å². The number of benzene rings is 1. The first kappa shape index (κ1) is 16.8. The molecule has 0 radical (unpaired) electrons. The monoisotopic (exact) mass is 353 g/mol. The Hall–Kier alpha value is -0.580. The Morgan fingerprint density at radius 2 is 2.05 bits per heavy atom. The van der Waals surface area contributed by atoms with Gasteiger partial charge in [-0.1, -0.05) is 26.8 Å². The molecule has 2 unspecified atom stereocenters. The third-order valence-electron chi connectivity index (χ3n) is 4.30. The minimum Gasteiger partial charge on any atom is -0.369 e. The summed E-state index contributed by atoms with van der Waals surface area (Å²) in [4.78, 5) is 4.85. The van der Waals surface area contributed by atoms with Crippen LogP contribution in [0.5, 0.6) is 0 Å². The fourth-order valence-corrected chi connectivity index (χ4v) is 3.73. The summed E-state index contributed by atoms with van der Waals surface area (Å²) < 4.78 is 1.21. The lowest BCUT2D eigenvalue weighted by molar-refractivity contribution is 0.266. The van der Waals surface area contributed by atoms with Gasteiger partial charge in [-0.05, 0) is 53.6 Å². The molecule has 1 aliphatic rings. The molecule has 0 aromatic heterocycles. The first-order valence-electron chi connectivity index (χ1n) is 7.81. The van der Waals surface area contributed by atoms with Gasteiger partial charge in [0.05, 0.1) is 5.69 Å². The van der Waals surface area contributed by atoms with E-state index in [1.165, 1.54) is 15.7 Å². The van der Waals surface area contributed by atoms with Gasteiger partial charge in [-0.2, -0.15) is 0 Å². The van der Waals surface area contributed by atoms with E-state index in [4.69, 9.17) is 0 Å². The Morgan fingerprint density at radius 1 is 1.33 bits per heavy atom. The molecule has 1 fully saturated rings. The van der Waals surface area contributed by atoms with Gasteiger partial charge in [0.25, 0.3) is 0 Å². The highest BCUT2D eigenvalue weighted by Gasteiger charge is 2.31. The fourth-order valence-electron chi connectivity index (χ4n) is 3.06. The number of nitrogens with zero attached hydrogens (tertiary/aromatic N) is 2. The zero-order valence-electron chi connectivity index (χ0n) is 13.9. The smallest absolute Gasteiger partial charge is 0.0511 e. The van der Waals surface area contributed by atoms with Crippen molar-refractivity contribution >= 4 is 21.6 Å². The number of likely N-dealkylation sites (N-methyl/N-ethyl adjacent to an activating group) is 1. The van der Waals surface area contributed by atoms with E-state index in [9.17, 15) is 0 Å². The molecule has 0 saturated carbocycles. The first-order valence-corrected chi connectivity index (χ1v) is 8.61. The van der Waals surface area contributed by atoms with Crippen molar-refractivity contribution in [2.24, 2.45) is 5.92 Å². The predicted molar refractivity (Wildman–Crippen MR) is 95.0 cm³/mol. The Balaban J connectivity index is 2.08. The van der Waals surface area contributed by atoms with Gasteiger partial charge >= 0.3 is 0 Å². The minimum absolute atomic E-state index is 0.517. The van der Waals surface area contributed by atoms with E-state index in [0.717, 1.165) is 19.6 Å². The van der Waals surface area contributed by atoms with Crippen LogP contribution in [0.15, 0.2) is 22.7 Å². The molecule has 0 spiro atoms. The van der Waals surface area contributed by atoms with Crippen LogP contribution in [0, 0.1) is 5.92 Å². The second kappa shape index (κ2) is 7.12. The van der Waals surface area contributed by atoms with E-state index >= 15 is 0 Å². The maximum Gasteiger partial charge on any atom is 0.0511 e. The average molecular weight is 354 g/mol. The molecule has 1 aromatic carbocycles. The van der Waals surface area contributed by atoms with Crippen molar-refractivity contribution in [2.75, 3.05) is 32.1 Å². The fraction of sp³-hybridized carbons (Fsp3) is 0.647. The molecule has 118 valence electrons. The molecule has 1 aromatic rings. The van der Waals surface area contributed by atoms with Gasteiger partial charge in [0.15, 0.2) is 0 Å². The summed E-state index contributed by atoms with van der Waals surface area (Å²) in [6, 6.07) is 7.90. The summed E-state index contributed by atoms with van der Waals surface area (Å²) in [6.45, 7) is 9.86. The molecular weight excluding hydrogens is 326 g/mol. The zero-order chi connectivity index (χ0) is 15.6. The molecule has 2 atom stereocenters. The summed E-state index contributed by atoms with van der Waals surface area (Å²) >= 11 is 3.76. The molecule has 0 bridgehead atoms. The molecule has 1 N–H and O–H groups in total. The van der Waals surface area contributed by atoms with Gasteiger partial charge < -0.3 is 15.1 Å². The van der Waals surface area contributed by atoms with Crippen LogP contribution in [0.25, 0.3) is 0 Å². The molecule has 1 saturated heterocycles. The van der Waals surface area contributed by atoms with E-state index in [0.29, 0.717) is 18.0 Å². The lowest BCUT2D eigenvalue weighted by Crippen LogP contribution is -2.34. The highest BCUT2D eigenvalue weighted by atomic mass is 79.9. The van der Waals surface area contributed by atoms with E-state index in [1.807, 2.05) is 0 Å². The number of hydrogen-bond donors (Lipinski definition) is 1. The normalized spacial score (nSPS) is 22.6. The standard InChI is InChI=1S/C17H28BrN3/c1-12(2)19-9-14-6-7-16(15(18)8-14)21-10-13(3)17(11-21)20(4)5/h6-8,12-13,17,19H,9-11H2,1-5H3. The molecule has 0 amide bonds. The summed E-state index contributed by atoms with van der Waals surface area (Å²) in [5.74, 6) is 0.703. The van der Waals surface area contributed by atoms with Gasteiger partial charge in [0.2, 0.25) is 0 Å². The van der Waals surface area contributed by atoms with Crippen LogP contribution < -0.4 is 10.2 Å². The van der Waals surface area contributed by atoms with Crippen LogP contribution in [0.4, 0.5) is 5.69 Å². The zero-order valence-corrected chi connectivity index (χ0v) is 15.4. The van der Waals surface area contributed by atoms with Crippen molar-refractivity contribution in [3.8, 4) is 0 Å². The molecule has 3 nitrogen and oxygen atoms in total. The number of anilines is 1. The Kier molecular flexibility index (Phi) is 5.69. The molecular formula is C17H28BrN3. The maximum atomic E-state index is 3.76. The van der Waals surface area contributed by atoms with Gasteiger partial charge in [-0.25, -0.2) is 0 Å². The highest BCUT2D eigenvalue weighted by molar-refractivity contribution is 9.10. The second-order valence-electron chi connectivity index (χ2n) is 6.73. The molecule has 1 heterocycles. The molecule has 0 aliphatic carbocycles. The average Bonchev–Trinajstić information content (AvgIpc) is 2.78. The van der Waals surface area contributed by atoms with Gasteiger partial charge in [0, 0.05) is 36.2 Å². The number of hydrogen-bond acceptors (Lipinski definition) is 3. The first-order chi connectivity index (χ1) is 9.88.